The number of benzene rings is 1. The Hall–Kier alpha value is -0.770. The van der Waals surface area contributed by atoms with Gasteiger partial charge in [0, 0.05) is 23.0 Å². The Morgan fingerprint density at radius 3 is 2.74 bits per heavy atom. The standard InChI is InChI=1S/C15H24ClNO2/c1-4-8-17-12(3)14-10-13(16)5-6-15(14)19-9-7-11(2)18/h5-6,10-12,17-18H,4,7-9H2,1-3H3. The molecule has 0 bridgehead atoms. The van der Waals surface area contributed by atoms with Crippen LogP contribution in [0.3, 0.4) is 0 Å². The summed E-state index contributed by atoms with van der Waals surface area (Å²) >= 11 is 6.06. The molecular formula is C15H24ClNO2. The Balaban J connectivity index is 2.73. The highest BCUT2D eigenvalue weighted by Crippen LogP contribution is 2.28. The van der Waals surface area contributed by atoms with Gasteiger partial charge in [-0.2, -0.15) is 0 Å². The van der Waals surface area contributed by atoms with Gasteiger partial charge in [-0.15, -0.1) is 0 Å². The number of nitrogens with one attached hydrogen (secondary N) is 1. The van der Waals surface area contributed by atoms with Gasteiger partial charge in [-0.05, 0) is 45.0 Å². The molecule has 3 nitrogen and oxygen atoms in total. The monoisotopic (exact) mass is 285 g/mol. The molecule has 0 aliphatic heterocycles. The average Bonchev–Trinajstić information content (AvgIpc) is 2.37. The lowest BCUT2D eigenvalue weighted by Crippen LogP contribution is -2.20. The van der Waals surface area contributed by atoms with Crippen molar-refractivity contribution < 1.29 is 9.84 Å². The summed E-state index contributed by atoms with van der Waals surface area (Å²) in [5.41, 5.74) is 1.06. The van der Waals surface area contributed by atoms with Crippen molar-refractivity contribution in [3.8, 4) is 5.75 Å². The summed E-state index contributed by atoms with van der Waals surface area (Å²) in [5, 5.41) is 13.4. The van der Waals surface area contributed by atoms with Crippen molar-refractivity contribution in [3.05, 3.63) is 28.8 Å². The van der Waals surface area contributed by atoms with Gasteiger partial charge in [-0.3, -0.25) is 0 Å². The second-order valence-electron chi connectivity index (χ2n) is 4.84. The van der Waals surface area contributed by atoms with E-state index in [0.717, 1.165) is 24.3 Å². The largest absolute Gasteiger partial charge is 0.493 e. The first-order valence-electron chi connectivity index (χ1n) is 6.88. The minimum atomic E-state index is -0.341. The topological polar surface area (TPSA) is 41.5 Å². The molecule has 0 amide bonds. The lowest BCUT2D eigenvalue weighted by molar-refractivity contribution is 0.155. The minimum Gasteiger partial charge on any atom is -0.493 e. The lowest BCUT2D eigenvalue weighted by atomic mass is 10.1. The number of rotatable bonds is 8. The fraction of sp³-hybridized carbons (Fsp3) is 0.600. The van der Waals surface area contributed by atoms with Crippen molar-refractivity contribution in [1.82, 2.24) is 5.32 Å². The Labute approximate surface area is 120 Å². The van der Waals surface area contributed by atoms with E-state index in [1.807, 2.05) is 18.2 Å². The van der Waals surface area contributed by atoms with E-state index in [0.29, 0.717) is 18.1 Å². The molecule has 0 aromatic heterocycles. The summed E-state index contributed by atoms with van der Waals surface area (Å²) in [4.78, 5) is 0. The molecule has 2 N–H and O–H groups in total. The summed E-state index contributed by atoms with van der Waals surface area (Å²) in [7, 11) is 0. The van der Waals surface area contributed by atoms with E-state index in [-0.39, 0.29) is 12.1 Å². The number of aliphatic hydroxyl groups excluding tert-OH is 1. The van der Waals surface area contributed by atoms with Crippen molar-refractivity contribution >= 4 is 11.6 Å². The molecule has 0 saturated carbocycles. The zero-order valence-electron chi connectivity index (χ0n) is 11.9. The van der Waals surface area contributed by atoms with Crippen molar-refractivity contribution in [3.63, 3.8) is 0 Å². The molecule has 0 heterocycles. The van der Waals surface area contributed by atoms with Crippen LogP contribution in [0.4, 0.5) is 0 Å². The number of ether oxygens (including phenoxy) is 1. The van der Waals surface area contributed by atoms with Gasteiger partial charge in [-0.25, -0.2) is 0 Å². The van der Waals surface area contributed by atoms with Gasteiger partial charge in [0.2, 0.25) is 0 Å². The van der Waals surface area contributed by atoms with Crippen LogP contribution >= 0.6 is 11.6 Å². The van der Waals surface area contributed by atoms with Gasteiger partial charge in [0.25, 0.3) is 0 Å². The number of hydrogen-bond donors (Lipinski definition) is 2. The highest BCUT2D eigenvalue weighted by molar-refractivity contribution is 6.30. The van der Waals surface area contributed by atoms with Crippen molar-refractivity contribution in [2.45, 2.75) is 45.8 Å². The van der Waals surface area contributed by atoms with Gasteiger partial charge < -0.3 is 15.2 Å². The van der Waals surface area contributed by atoms with E-state index < -0.39 is 0 Å². The zero-order valence-corrected chi connectivity index (χ0v) is 12.7. The molecule has 0 fully saturated rings. The highest BCUT2D eigenvalue weighted by atomic mass is 35.5. The molecule has 2 unspecified atom stereocenters. The average molecular weight is 286 g/mol. The molecule has 1 aromatic rings. The SMILES string of the molecule is CCCNC(C)c1cc(Cl)ccc1OCCC(C)O. The third kappa shape index (κ3) is 5.81. The van der Waals surface area contributed by atoms with E-state index in [1.165, 1.54) is 0 Å². The molecule has 0 saturated heterocycles. The Morgan fingerprint density at radius 1 is 1.37 bits per heavy atom. The maximum atomic E-state index is 9.26. The van der Waals surface area contributed by atoms with E-state index in [2.05, 4.69) is 19.2 Å². The Morgan fingerprint density at radius 2 is 2.11 bits per heavy atom. The third-order valence-corrected chi connectivity index (χ3v) is 3.17. The molecule has 0 aliphatic rings. The van der Waals surface area contributed by atoms with Crippen LogP contribution in [-0.4, -0.2) is 24.4 Å². The van der Waals surface area contributed by atoms with Crippen LogP contribution < -0.4 is 10.1 Å². The summed E-state index contributed by atoms with van der Waals surface area (Å²) in [6.07, 6.45) is 1.37. The molecular weight excluding hydrogens is 262 g/mol. The second-order valence-corrected chi connectivity index (χ2v) is 5.28. The van der Waals surface area contributed by atoms with Gasteiger partial charge in [0.1, 0.15) is 5.75 Å². The molecule has 108 valence electrons. The van der Waals surface area contributed by atoms with Crippen LogP contribution in [0.5, 0.6) is 5.75 Å². The Kier molecular flexibility index (Phi) is 7.21. The third-order valence-electron chi connectivity index (χ3n) is 2.93. The number of hydrogen-bond acceptors (Lipinski definition) is 3. The Bertz CT molecular complexity index is 382. The predicted octanol–water partition coefficient (Wildman–Crippen LogP) is 3.55. The summed E-state index contributed by atoms with van der Waals surface area (Å²) in [6.45, 7) is 7.46. The summed E-state index contributed by atoms with van der Waals surface area (Å²) in [6, 6.07) is 5.85. The first kappa shape index (κ1) is 16.3. The summed E-state index contributed by atoms with van der Waals surface area (Å²) < 4.78 is 5.75. The molecule has 2 atom stereocenters. The van der Waals surface area contributed by atoms with E-state index in [9.17, 15) is 5.11 Å². The van der Waals surface area contributed by atoms with Crippen LogP contribution in [0, 0.1) is 0 Å². The van der Waals surface area contributed by atoms with Crippen LogP contribution in [-0.2, 0) is 0 Å². The lowest BCUT2D eigenvalue weighted by Gasteiger charge is -2.19. The summed E-state index contributed by atoms with van der Waals surface area (Å²) in [5.74, 6) is 0.834. The normalized spacial score (nSPS) is 14.2. The van der Waals surface area contributed by atoms with Gasteiger partial charge in [0.05, 0.1) is 12.7 Å². The smallest absolute Gasteiger partial charge is 0.124 e. The quantitative estimate of drug-likeness (QED) is 0.767. The van der Waals surface area contributed by atoms with Crippen LogP contribution in [0.25, 0.3) is 0 Å². The molecule has 1 aromatic carbocycles. The van der Waals surface area contributed by atoms with Gasteiger partial charge >= 0.3 is 0 Å². The first-order chi connectivity index (χ1) is 9.04. The van der Waals surface area contributed by atoms with E-state index in [1.54, 1.807) is 6.92 Å². The minimum absolute atomic E-state index is 0.195. The molecule has 4 heteroatoms. The van der Waals surface area contributed by atoms with Crippen molar-refractivity contribution in [2.75, 3.05) is 13.2 Å². The van der Waals surface area contributed by atoms with Gasteiger partial charge in [-0.1, -0.05) is 18.5 Å². The predicted molar refractivity (Wildman–Crippen MR) is 80.0 cm³/mol. The second kappa shape index (κ2) is 8.41. The highest BCUT2D eigenvalue weighted by Gasteiger charge is 2.12. The van der Waals surface area contributed by atoms with E-state index >= 15 is 0 Å². The maximum absolute atomic E-state index is 9.26. The molecule has 0 aliphatic carbocycles. The van der Waals surface area contributed by atoms with E-state index in [4.69, 9.17) is 16.3 Å². The van der Waals surface area contributed by atoms with Crippen molar-refractivity contribution in [2.24, 2.45) is 0 Å². The fourth-order valence-corrected chi connectivity index (χ4v) is 1.98. The molecule has 1 rings (SSSR count). The van der Waals surface area contributed by atoms with Crippen molar-refractivity contribution in [1.29, 1.82) is 0 Å². The molecule has 19 heavy (non-hydrogen) atoms. The maximum Gasteiger partial charge on any atom is 0.124 e. The van der Waals surface area contributed by atoms with Gasteiger partial charge in [0.15, 0.2) is 0 Å². The van der Waals surface area contributed by atoms with Crippen LogP contribution in [0.1, 0.15) is 45.2 Å². The van der Waals surface area contributed by atoms with Crippen LogP contribution in [0.2, 0.25) is 5.02 Å². The number of halogens is 1. The molecule has 0 spiro atoms. The fourth-order valence-electron chi connectivity index (χ4n) is 1.80. The zero-order chi connectivity index (χ0) is 14.3. The first-order valence-corrected chi connectivity index (χ1v) is 7.26. The molecule has 0 radical (unpaired) electrons. The number of aliphatic hydroxyl groups is 1. The van der Waals surface area contributed by atoms with Crippen LogP contribution in [0.15, 0.2) is 18.2 Å².